The topological polar surface area (TPSA) is 15.3 Å². The number of benzene rings is 1. The van der Waals surface area contributed by atoms with E-state index in [1.807, 2.05) is 11.3 Å². The van der Waals surface area contributed by atoms with Crippen molar-refractivity contribution in [2.24, 2.45) is 0 Å². The maximum absolute atomic E-state index is 3.45. The lowest BCUT2D eigenvalue weighted by Gasteiger charge is -2.35. The third-order valence-corrected chi connectivity index (χ3v) is 5.17. The van der Waals surface area contributed by atoms with E-state index in [-0.39, 0.29) is 0 Å². The molecule has 3 rings (SSSR count). The summed E-state index contributed by atoms with van der Waals surface area (Å²) in [6, 6.07) is 14.1. The fraction of sp³-hybridized carbons (Fsp3) is 0.444. The zero-order chi connectivity index (χ0) is 14.7. The Labute approximate surface area is 131 Å². The molecular weight excluding hydrogens is 276 g/mol. The summed E-state index contributed by atoms with van der Waals surface area (Å²) in [6.45, 7) is 8.92. The van der Waals surface area contributed by atoms with E-state index in [2.05, 4.69) is 65.8 Å². The molecule has 21 heavy (non-hydrogen) atoms. The Hall–Kier alpha value is -1.16. The molecule has 3 heteroatoms. The molecule has 0 unspecified atom stereocenters. The van der Waals surface area contributed by atoms with Crippen LogP contribution < -0.4 is 5.32 Å². The van der Waals surface area contributed by atoms with Crippen LogP contribution in [0.2, 0.25) is 0 Å². The second kappa shape index (κ2) is 6.73. The molecule has 0 aliphatic carbocycles. The van der Waals surface area contributed by atoms with Gasteiger partial charge in [0.1, 0.15) is 0 Å². The van der Waals surface area contributed by atoms with Crippen LogP contribution in [-0.4, -0.2) is 31.1 Å². The minimum Gasteiger partial charge on any atom is -0.314 e. The third-order valence-electron chi connectivity index (χ3n) is 4.25. The fourth-order valence-electron chi connectivity index (χ4n) is 3.01. The Kier molecular flexibility index (Phi) is 4.73. The van der Waals surface area contributed by atoms with Gasteiger partial charge < -0.3 is 5.32 Å². The van der Waals surface area contributed by atoms with E-state index in [0.29, 0.717) is 12.0 Å². The first-order valence-electron chi connectivity index (χ1n) is 7.84. The van der Waals surface area contributed by atoms with Gasteiger partial charge in [0.25, 0.3) is 0 Å². The Morgan fingerprint density at radius 1 is 1.00 bits per heavy atom. The lowest BCUT2D eigenvalue weighted by molar-refractivity contribution is 0.200. The average Bonchev–Trinajstić information content (AvgIpc) is 3.03. The zero-order valence-electron chi connectivity index (χ0n) is 12.9. The van der Waals surface area contributed by atoms with Crippen molar-refractivity contribution < 1.29 is 0 Å². The summed E-state index contributed by atoms with van der Waals surface area (Å²) in [7, 11) is 0. The van der Waals surface area contributed by atoms with Crippen LogP contribution in [0.15, 0.2) is 41.8 Å². The van der Waals surface area contributed by atoms with Crippen molar-refractivity contribution in [1.82, 2.24) is 10.2 Å². The molecular formula is C18H24N2S. The van der Waals surface area contributed by atoms with Crippen molar-refractivity contribution >= 4 is 11.3 Å². The Morgan fingerprint density at radius 3 is 2.24 bits per heavy atom. The molecule has 1 N–H and O–H groups in total. The summed E-state index contributed by atoms with van der Waals surface area (Å²) in [5.74, 6) is 0.596. The molecule has 0 bridgehead atoms. The molecule has 0 saturated carbocycles. The average molecular weight is 300 g/mol. The van der Waals surface area contributed by atoms with Crippen LogP contribution in [0.1, 0.15) is 41.8 Å². The molecule has 1 aromatic heterocycles. The van der Waals surface area contributed by atoms with E-state index in [4.69, 9.17) is 0 Å². The number of rotatable bonds is 4. The Bertz CT molecular complexity index is 539. The van der Waals surface area contributed by atoms with E-state index in [0.717, 1.165) is 26.2 Å². The molecule has 0 radical (unpaired) electrons. The SMILES string of the molecule is CC(C)c1ccc([C@H](c2cccs2)N2CCNCC2)cc1. The quantitative estimate of drug-likeness (QED) is 0.922. The van der Waals surface area contributed by atoms with Crippen LogP contribution >= 0.6 is 11.3 Å². The summed E-state index contributed by atoms with van der Waals surface area (Å²) in [5, 5.41) is 5.64. The van der Waals surface area contributed by atoms with Gasteiger partial charge in [0.15, 0.2) is 0 Å². The summed E-state index contributed by atoms with van der Waals surface area (Å²) in [6.07, 6.45) is 0. The monoisotopic (exact) mass is 300 g/mol. The van der Waals surface area contributed by atoms with Crippen LogP contribution in [0, 0.1) is 0 Å². The van der Waals surface area contributed by atoms with Crippen molar-refractivity contribution in [2.75, 3.05) is 26.2 Å². The van der Waals surface area contributed by atoms with Crippen molar-refractivity contribution in [3.63, 3.8) is 0 Å². The summed E-state index contributed by atoms with van der Waals surface area (Å²) in [5.41, 5.74) is 2.84. The molecule has 1 aromatic carbocycles. The number of hydrogen-bond donors (Lipinski definition) is 1. The largest absolute Gasteiger partial charge is 0.314 e. The van der Waals surface area contributed by atoms with Gasteiger partial charge in [-0.15, -0.1) is 11.3 Å². The van der Waals surface area contributed by atoms with E-state index in [9.17, 15) is 0 Å². The van der Waals surface area contributed by atoms with E-state index < -0.39 is 0 Å². The number of nitrogens with zero attached hydrogens (tertiary/aromatic N) is 1. The Morgan fingerprint density at radius 2 is 1.67 bits per heavy atom. The van der Waals surface area contributed by atoms with Gasteiger partial charge in [-0.3, -0.25) is 4.90 Å². The molecule has 1 atom stereocenters. The van der Waals surface area contributed by atoms with Gasteiger partial charge in [0, 0.05) is 31.1 Å². The lowest BCUT2D eigenvalue weighted by atomic mass is 9.97. The van der Waals surface area contributed by atoms with Gasteiger partial charge in [0.05, 0.1) is 6.04 Å². The van der Waals surface area contributed by atoms with E-state index >= 15 is 0 Å². The number of piperazine rings is 1. The van der Waals surface area contributed by atoms with Crippen LogP contribution in [0.4, 0.5) is 0 Å². The molecule has 0 amide bonds. The van der Waals surface area contributed by atoms with Crippen LogP contribution in [0.5, 0.6) is 0 Å². The predicted octanol–water partition coefficient (Wildman–Crippen LogP) is 3.87. The molecule has 2 heterocycles. The van der Waals surface area contributed by atoms with Gasteiger partial charge in [-0.05, 0) is 28.5 Å². The number of thiophene rings is 1. The van der Waals surface area contributed by atoms with Gasteiger partial charge in [-0.2, -0.15) is 0 Å². The minimum atomic E-state index is 0.410. The van der Waals surface area contributed by atoms with Gasteiger partial charge in [-0.25, -0.2) is 0 Å². The van der Waals surface area contributed by atoms with Crippen molar-refractivity contribution in [2.45, 2.75) is 25.8 Å². The first kappa shape index (κ1) is 14.8. The van der Waals surface area contributed by atoms with E-state index in [1.165, 1.54) is 16.0 Å². The van der Waals surface area contributed by atoms with Crippen LogP contribution in [0.25, 0.3) is 0 Å². The molecule has 0 spiro atoms. The molecule has 1 aliphatic rings. The predicted molar refractivity (Wildman–Crippen MR) is 91.1 cm³/mol. The highest BCUT2D eigenvalue weighted by atomic mass is 32.1. The lowest BCUT2D eigenvalue weighted by Crippen LogP contribution is -2.45. The summed E-state index contributed by atoms with van der Waals surface area (Å²) >= 11 is 1.87. The van der Waals surface area contributed by atoms with Crippen LogP contribution in [-0.2, 0) is 0 Å². The molecule has 1 aliphatic heterocycles. The van der Waals surface area contributed by atoms with Crippen molar-refractivity contribution in [1.29, 1.82) is 0 Å². The maximum atomic E-state index is 3.45. The van der Waals surface area contributed by atoms with Gasteiger partial charge in [0.2, 0.25) is 0 Å². The second-order valence-electron chi connectivity index (χ2n) is 6.03. The molecule has 1 fully saturated rings. The zero-order valence-corrected chi connectivity index (χ0v) is 13.7. The second-order valence-corrected chi connectivity index (χ2v) is 7.00. The smallest absolute Gasteiger partial charge is 0.0696 e. The van der Waals surface area contributed by atoms with Crippen LogP contribution in [0.3, 0.4) is 0 Å². The molecule has 2 nitrogen and oxygen atoms in total. The first-order chi connectivity index (χ1) is 10.3. The summed E-state index contributed by atoms with van der Waals surface area (Å²) < 4.78 is 0. The standard InChI is InChI=1S/C18H24N2S/c1-14(2)15-5-7-16(8-6-15)18(17-4-3-13-21-17)20-11-9-19-10-12-20/h3-8,13-14,18-19H,9-12H2,1-2H3/t18-/m1/s1. The number of hydrogen-bond acceptors (Lipinski definition) is 3. The van der Waals surface area contributed by atoms with Gasteiger partial charge >= 0.3 is 0 Å². The first-order valence-corrected chi connectivity index (χ1v) is 8.71. The van der Waals surface area contributed by atoms with Crippen molar-refractivity contribution in [3.8, 4) is 0 Å². The van der Waals surface area contributed by atoms with E-state index in [1.54, 1.807) is 0 Å². The highest BCUT2D eigenvalue weighted by Crippen LogP contribution is 2.32. The number of nitrogens with one attached hydrogen (secondary N) is 1. The fourth-order valence-corrected chi connectivity index (χ4v) is 3.89. The molecule has 2 aromatic rings. The Balaban J connectivity index is 1.91. The third kappa shape index (κ3) is 3.37. The minimum absolute atomic E-state index is 0.410. The normalized spacial score (nSPS) is 18.0. The molecule has 112 valence electrons. The highest BCUT2D eigenvalue weighted by molar-refractivity contribution is 7.10. The van der Waals surface area contributed by atoms with Gasteiger partial charge in [-0.1, -0.05) is 44.2 Å². The molecule has 1 saturated heterocycles. The summed E-state index contributed by atoms with van der Waals surface area (Å²) in [4.78, 5) is 4.06. The maximum Gasteiger partial charge on any atom is 0.0696 e. The van der Waals surface area contributed by atoms with Crippen molar-refractivity contribution in [3.05, 3.63) is 57.8 Å². The highest BCUT2D eigenvalue weighted by Gasteiger charge is 2.24.